The lowest BCUT2D eigenvalue weighted by Crippen LogP contribution is -2.25. The van der Waals surface area contributed by atoms with E-state index < -0.39 is 10.0 Å². The molecule has 0 aliphatic carbocycles. The van der Waals surface area contributed by atoms with Crippen LogP contribution in [0.25, 0.3) is 0 Å². The molecular weight excluding hydrogens is 256 g/mol. The van der Waals surface area contributed by atoms with E-state index in [0.717, 1.165) is 11.3 Å². The number of sulfonamides is 1. The molecular formula is C9H14N6O2S. The van der Waals surface area contributed by atoms with Crippen LogP contribution in [0.2, 0.25) is 0 Å². The van der Waals surface area contributed by atoms with Gasteiger partial charge in [-0.05, 0) is 6.92 Å². The monoisotopic (exact) mass is 270 g/mol. The number of nitrogens with zero attached hydrogens (tertiary/aromatic N) is 2. The van der Waals surface area contributed by atoms with Gasteiger partial charge in [-0.25, -0.2) is 13.1 Å². The first-order chi connectivity index (χ1) is 8.54. The van der Waals surface area contributed by atoms with Gasteiger partial charge >= 0.3 is 0 Å². The maximum absolute atomic E-state index is 12.0. The van der Waals surface area contributed by atoms with Gasteiger partial charge in [-0.3, -0.25) is 10.2 Å². The first kappa shape index (κ1) is 12.7. The van der Waals surface area contributed by atoms with Crippen LogP contribution in [-0.2, 0) is 23.1 Å². The van der Waals surface area contributed by atoms with Crippen molar-refractivity contribution in [2.75, 3.05) is 0 Å². The molecule has 0 aliphatic heterocycles. The van der Waals surface area contributed by atoms with Gasteiger partial charge in [0.05, 0.1) is 12.4 Å². The van der Waals surface area contributed by atoms with Gasteiger partial charge in [0.15, 0.2) is 5.03 Å². The number of hydrogen-bond donors (Lipinski definition) is 4. The van der Waals surface area contributed by atoms with Crippen LogP contribution in [0.15, 0.2) is 17.4 Å². The molecule has 0 radical (unpaired) electrons. The van der Waals surface area contributed by atoms with E-state index in [4.69, 9.17) is 5.73 Å². The minimum absolute atomic E-state index is 0.00569. The van der Waals surface area contributed by atoms with Crippen LogP contribution in [0.1, 0.15) is 16.8 Å². The van der Waals surface area contributed by atoms with E-state index in [0.29, 0.717) is 5.56 Å². The van der Waals surface area contributed by atoms with Crippen molar-refractivity contribution < 1.29 is 8.42 Å². The van der Waals surface area contributed by atoms with E-state index in [2.05, 4.69) is 25.1 Å². The second-order valence-electron chi connectivity index (χ2n) is 3.77. The average molecular weight is 270 g/mol. The molecule has 0 fully saturated rings. The number of aromatic nitrogens is 4. The van der Waals surface area contributed by atoms with Gasteiger partial charge in [-0.2, -0.15) is 10.2 Å². The molecule has 0 unspecified atom stereocenters. The number of aromatic amines is 2. The van der Waals surface area contributed by atoms with Gasteiger partial charge in [-0.1, -0.05) is 0 Å². The minimum Gasteiger partial charge on any atom is -0.326 e. The topological polar surface area (TPSA) is 130 Å². The molecule has 0 spiro atoms. The summed E-state index contributed by atoms with van der Waals surface area (Å²) in [6, 6.07) is 0. The van der Waals surface area contributed by atoms with E-state index in [1.54, 1.807) is 6.20 Å². The molecule has 0 atom stereocenters. The molecule has 8 nitrogen and oxygen atoms in total. The van der Waals surface area contributed by atoms with Crippen LogP contribution in [0, 0.1) is 6.92 Å². The molecule has 2 aromatic heterocycles. The highest BCUT2D eigenvalue weighted by molar-refractivity contribution is 7.89. The van der Waals surface area contributed by atoms with Gasteiger partial charge in [0.2, 0.25) is 0 Å². The summed E-state index contributed by atoms with van der Waals surface area (Å²) in [4.78, 5) is 0. The van der Waals surface area contributed by atoms with E-state index in [-0.39, 0.29) is 18.1 Å². The van der Waals surface area contributed by atoms with Crippen LogP contribution in [-0.4, -0.2) is 28.8 Å². The fourth-order valence-corrected chi connectivity index (χ4v) is 2.62. The Morgan fingerprint density at radius 1 is 1.28 bits per heavy atom. The zero-order valence-corrected chi connectivity index (χ0v) is 10.6. The molecule has 0 aliphatic rings. The summed E-state index contributed by atoms with van der Waals surface area (Å²) in [5, 5.41) is 12.7. The Bertz CT molecular complexity index is 629. The second-order valence-corrected chi connectivity index (χ2v) is 5.48. The first-order valence-corrected chi connectivity index (χ1v) is 6.73. The predicted molar refractivity (Wildman–Crippen MR) is 63.8 cm³/mol. The number of rotatable bonds is 5. The molecule has 0 bridgehead atoms. The lowest BCUT2D eigenvalue weighted by molar-refractivity contribution is 0.575. The van der Waals surface area contributed by atoms with Crippen LogP contribution >= 0.6 is 0 Å². The third-order valence-corrected chi connectivity index (χ3v) is 3.97. The van der Waals surface area contributed by atoms with Gasteiger partial charge < -0.3 is 5.73 Å². The van der Waals surface area contributed by atoms with Crippen LogP contribution in [0.3, 0.4) is 0 Å². The summed E-state index contributed by atoms with van der Waals surface area (Å²) in [6.07, 6.45) is 2.98. The fraction of sp³-hybridized carbons (Fsp3) is 0.333. The molecule has 2 aromatic rings. The highest BCUT2D eigenvalue weighted by atomic mass is 32.2. The lowest BCUT2D eigenvalue weighted by atomic mass is 10.3. The number of nitrogens with two attached hydrogens (primary N) is 1. The largest absolute Gasteiger partial charge is 0.326 e. The number of H-pyrrole nitrogens is 2. The number of aryl methyl sites for hydroxylation is 1. The Morgan fingerprint density at radius 2 is 1.94 bits per heavy atom. The van der Waals surface area contributed by atoms with E-state index in [1.165, 1.54) is 6.20 Å². The van der Waals surface area contributed by atoms with Crippen molar-refractivity contribution in [3.63, 3.8) is 0 Å². The highest BCUT2D eigenvalue weighted by Gasteiger charge is 2.20. The standard InChI is InChI=1S/C9H14N6O2S/c1-6-8(4-11-14-6)5-13-18(16,17)9-7(2-10)3-12-15-9/h3-4,13H,2,5,10H2,1H3,(H,11,14)(H,12,15). The molecule has 2 rings (SSSR count). The zero-order chi connectivity index (χ0) is 13.2. The van der Waals surface area contributed by atoms with Gasteiger partial charge in [0.1, 0.15) is 0 Å². The quantitative estimate of drug-likeness (QED) is 0.575. The Kier molecular flexibility index (Phi) is 3.45. The van der Waals surface area contributed by atoms with Crippen molar-refractivity contribution in [2.24, 2.45) is 5.73 Å². The third-order valence-electron chi connectivity index (χ3n) is 2.55. The average Bonchev–Trinajstić information content (AvgIpc) is 2.95. The van der Waals surface area contributed by atoms with Crippen molar-refractivity contribution in [1.29, 1.82) is 0 Å². The third kappa shape index (κ3) is 2.42. The maximum Gasteiger partial charge on any atom is 0.258 e. The molecule has 5 N–H and O–H groups in total. The Hall–Kier alpha value is -1.71. The summed E-state index contributed by atoms with van der Waals surface area (Å²) in [7, 11) is -3.64. The van der Waals surface area contributed by atoms with E-state index in [9.17, 15) is 8.42 Å². The molecule has 18 heavy (non-hydrogen) atoms. The van der Waals surface area contributed by atoms with Crippen LogP contribution in [0.5, 0.6) is 0 Å². The second kappa shape index (κ2) is 4.88. The van der Waals surface area contributed by atoms with E-state index >= 15 is 0 Å². The zero-order valence-electron chi connectivity index (χ0n) is 9.77. The Balaban J connectivity index is 2.16. The van der Waals surface area contributed by atoms with Crippen molar-refractivity contribution in [3.05, 3.63) is 29.2 Å². The Morgan fingerprint density at radius 3 is 2.56 bits per heavy atom. The van der Waals surface area contributed by atoms with Crippen molar-refractivity contribution in [3.8, 4) is 0 Å². The SMILES string of the molecule is Cc1[nH]ncc1CNS(=O)(=O)c1[nH]ncc1CN. The van der Waals surface area contributed by atoms with E-state index in [1.807, 2.05) is 6.92 Å². The molecule has 98 valence electrons. The summed E-state index contributed by atoms with van der Waals surface area (Å²) in [5.74, 6) is 0. The first-order valence-electron chi connectivity index (χ1n) is 5.25. The van der Waals surface area contributed by atoms with Crippen molar-refractivity contribution in [2.45, 2.75) is 25.0 Å². The minimum atomic E-state index is -3.64. The molecule has 9 heteroatoms. The predicted octanol–water partition coefficient (Wildman–Crippen LogP) is -0.622. The molecule has 0 amide bonds. The normalized spacial score (nSPS) is 11.9. The summed E-state index contributed by atoms with van der Waals surface area (Å²) in [5.41, 5.74) is 7.50. The van der Waals surface area contributed by atoms with Crippen LogP contribution in [0.4, 0.5) is 0 Å². The summed E-state index contributed by atoms with van der Waals surface area (Å²) >= 11 is 0. The molecule has 0 saturated heterocycles. The fourth-order valence-electron chi connectivity index (χ4n) is 1.48. The summed E-state index contributed by atoms with van der Waals surface area (Å²) < 4.78 is 26.5. The van der Waals surface area contributed by atoms with Gasteiger partial charge in [0.25, 0.3) is 10.0 Å². The number of hydrogen-bond acceptors (Lipinski definition) is 5. The molecule has 0 aromatic carbocycles. The summed E-state index contributed by atoms with van der Waals surface area (Å²) in [6.45, 7) is 2.09. The number of nitrogens with one attached hydrogen (secondary N) is 3. The molecule has 2 heterocycles. The molecule has 0 saturated carbocycles. The highest BCUT2D eigenvalue weighted by Crippen LogP contribution is 2.12. The maximum atomic E-state index is 12.0. The van der Waals surface area contributed by atoms with Gasteiger partial charge in [0, 0.05) is 29.9 Å². The van der Waals surface area contributed by atoms with Crippen molar-refractivity contribution >= 4 is 10.0 Å². The van der Waals surface area contributed by atoms with Crippen LogP contribution < -0.4 is 10.5 Å². The Labute approximate surface area is 104 Å². The van der Waals surface area contributed by atoms with Gasteiger partial charge in [-0.15, -0.1) is 0 Å². The van der Waals surface area contributed by atoms with Crippen molar-refractivity contribution in [1.82, 2.24) is 25.1 Å². The smallest absolute Gasteiger partial charge is 0.258 e. The lowest BCUT2D eigenvalue weighted by Gasteiger charge is -2.05.